The largest absolute Gasteiger partial charge is 0.388 e. The Labute approximate surface area is 104 Å². The lowest BCUT2D eigenvalue weighted by molar-refractivity contribution is -0.0223. The van der Waals surface area contributed by atoms with Crippen molar-refractivity contribution in [1.29, 1.82) is 0 Å². The van der Waals surface area contributed by atoms with Gasteiger partial charge in [-0.3, -0.25) is 0 Å². The minimum atomic E-state index is -0.718. The van der Waals surface area contributed by atoms with E-state index >= 15 is 0 Å². The fourth-order valence-corrected chi connectivity index (χ4v) is 2.13. The zero-order chi connectivity index (χ0) is 13.1. The molecule has 0 atom stereocenters. The maximum Gasteiger partial charge on any atom is 0.315 e. The third-order valence-electron chi connectivity index (χ3n) is 3.53. The van der Waals surface area contributed by atoms with E-state index in [0.717, 1.165) is 25.7 Å². The summed E-state index contributed by atoms with van der Waals surface area (Å²) in [6.07, 6.45) is 3.55. The highest BCUT2D eigenvalue weighted by Crippen LogP contribution is 2.39. The van der Waals surface area contributed by atoms with E-state index in [-0.39, 0.29) is 12.1 Å². The molecule has 4 heteroatoms. The van der Waals surface area contributed by atoms with E-state index in [1.165, 1.54) is 0 Å². The SMILES string of the molecule is CC(C)NC(=O)NCC1(O)CCC(C)(C)CC1. The van der Waals surface area contributed by atoms with Gasteiger partial charge in [-0.2, -0.15) is 0 Å². The minimum Gasteiger partial charge on any atom is -0.388 e. The average Bonchev–Trinajstić information content (AvgIpc) is 2.20. The highest BCUT2D eigenvalue weighted by molar-refractivity contribution is 5.74. The van der Waals surface area contributed by atoms with Gasteiger partial charge in [-0.25, -0.2) is 4.79 Å². The number of amides is 2. The van der Waals surface area contributed by atoms with Crippen LogP contribution in [0.15, 0.2) is 0 Å². The van der Waals surface area contributed by atoms with E-state index in [2.05, 4.69) is 24.5 Å². The van der Waals surface area contributed by atoms with E-state index in [0.29, 0.717) is 12.0 Å². The number of rotatable bonds is 3. The van der Waals surface area contributed by atoms with Crippen LogP contribution in [0.2, 0.25) is 0 Å². The number of aliphatic hydroxyl groups is 1. The third-order valence-corrected chi connectivity index (χ3v) is 3.53. The lowest BCUT2D eigenvalue weighted by atomic mass is 9.71. The molecule has 3 N–H and O–H groups in total. The molecule has 0 aliphatic heterocycles. The topological polar surface area (TPSA) is 61.4 Å². The quantitative estimate of drug-likeness (QED) is 0.709. The van der Waals surface area contributed by atoms with Crippen LogP contribution in [0.4, 0.5) is 4.79 Å². The number of nitrogens with one attached hydrogen (secondary N) is 2. The van der Waals surface area contributed by atoms with Gasteiger partial charge in [0.1, 0.15) is 0 Å². The van der Waals surface area contributed by atoms with Crippen LogP contribution < -0.4 is 10.6 Å². The molecule has 1 aliphatic rings. The van der Waals surface area contributed by atoms with Gasteiger partial charge in [0.05, 0.1) is 5.60 Å². The molecule has 0 aromatic heterocycles. The van der Waals surface area contributed by atoms with Crippen LogP contribution in [-0.2, 0) is 0 Å². The van der Waals surface area contributed by atoms with Crippen LogP contribution in [0.3, 0.4) is 0 Å². The molecule has 0 aromatic rings. The van der Waals surface area contributed by atoms with Crippen molar-refractivity contribution in [3.8, 4) is 0 Å². The summed E-state index contributed by atoms with van der Waals surface area (Å²) in [4.78, 5) is 11.4. The fraction of sp³-hybridized carbons (Fsp3) is 0.923. The number of urea groups is 1. The predicted octanol–water partition coefficient (Wildman–Crippen LogP) is 2.03. The molecule has 0 heterocycles. The van der Waals surface area contributed by atoms with Crippen molar-refractivity contribution in [2.45, 2.75) is 65.0 Å². The Morgan fingerprint density at radius 2 is 1.76 bits per heavy atom. The summed E-state index contributed by atoms with van der Waals surface area (Å²) in [5.74, 6) is 0. The Morgan fingerprint density at radius 1 is 1.24 bits per heavy atom. The maximum absolute atomic E-state index is 11.4. The first-order valence-electron chi connectivity index (χ1n) is 6.49. The van der Waals surface area contributed by atoms with E-state index in [1.54, 1.807) is 0 Å². The monoisotopic (exact) mass is 242 g/mol. The van der Waals surface area contributed by atoms with Crippen LogP contribution in [0, 0.1) is 5.41 Å². The summed E-state index contributed by atoms with van der Waals surface area (Å²) in [6, 6.07) is -0.0757. The lowest BCUT2D eigenvalue weighted by Gasteiger charge is -2.40. The zero-order valence-corrected chi connectivity index (χ0v) is 11.5. The van der Waals surface area contributed by atoms with Gasteiger partial charge in [0.15, 0.2) is 0 Å². The first kappa shape index (κ1) is 14.3. The molecule has 2 amide bonds. The van der Waals surface area contributed by atoms with Gasteiger partial charge in [-0.05, 0) is 44.9 Å². The fourth-order valence-electron chi connectivity index (χ4n) is 2.13. The second-order valence-corrected chi connectivity index (χ2v) is 6.37. The predicted molar refractivity (Wildman–Crippen MR) is 68.9 cm³/mol. The molecule has 1 aliphatic carbocycles. The summed E-state index contributed by atoms with van der Waals surface area (Å²) in [5, 5.41) is 15.9. The molecule has 0 unspecified atom stereocenters. The minimum absolute atomic E-state index is 0.120. The molecule has 1 fully saturated rings. The molecule has 1 rings (SSSR count). The van der Waals surface area contributed by atoms with Crippen molar-refractivity contribution < 1.29 is 9.90 Å². The molecular formula is C13H26N2O2. The van der Waals surface area contributed by atoms with Crippen LogP contribution in [0.1, 0.15) is 53.4 Å². The molecule has 4 nitrogen and oxygen atoms in total. The van der Waals surface area contributed by atoms with Crippen molar-refractivity contribution in [1.82, 2.24) is 10.6 Å². The first-order chi connectivity index (χ1) is 7.72. The highest BCUT2D eigenvalue weighted by Gasteiger charge is 2.36. The summed E-state index contributed by atoms with van der Waals surface area (Å²) >= 11 is 0. The Morgan fingerprint density at radius 3 is 2.24 bits per heavy atom. The second kappa shape index (κ2) is 5.25. The van der Waals surface area contributed by atoms with E-state index < -0.39 is 5.60 Å². The maximum atomic E-state index is 11.4. The smallest absolute Gasteiger partial charge is 0.315 e. The number of hydrogen-bond acceptors (Lipinski definition) is 2. The molecule has 0 radical (unpaired) electrons. The van der Waals surface area contributed by atoms with Crippen LogP contribution >= 0.6 is 0 Å². The molecule has 0 bridgehead atoms. The molecular weight excluding hydrogens is 216 g/mol. The van der Waals surface area contributed by atoms with Crippen LogP contribution in [0.5, 0.6) is 0 Å². The van der Waals surface area contributed by atoms with Crippen molar-refractivity contribution in [2.24, 2.45) is 5.41 Å². The highest BCUT2D eigenvalue weighted by atomic mass is 16.3. The summed E-state index contributed by atoms with van der Waals surface area (Å²) in [5.41, 5.74) is -0.393. The van der Waals surface area contributed by atoms with Gasteiger partial charge in [-0.1, -0.05) is 13.8 Å². The zero-order valence-electron chi connectivity index (χ0n) is 11.5. The van der Waals surface area contributed by atoms with Gasteiger partial charge < -0.3 is 15.7 Å². The molecule has 0 spiro atoms. The molecule has 100 valence electrons. The molecule has 0 aromatic carbocycles. The lowest BCUT2D eigenvalue weighted by Crippen LogP contribution is -2.49. The number of carbonyl (C=O) groups excluding carboxylic acids is 1. The van der Waals surface area contributed by atoms with E-state index in [4.69, 9.17) is 0 Å². The number of hydrogen-bond donors (Lipinski definition) is 3. The van der Waals surface area contributed by atoms with Gasteiger partial charge >= 0.3 is 6.03 Å². The van der Waals surface area contributed by atoms with Crippen molar-refractivity contribution >= 4 is 6.03 Å². The molecule has 1 saturated carbocycles. The Balaban J connectivity index is 2.34. The van der Waals surface area contributed by atoms with Crippen LogP contribution in [-0.4, -0.2) is 29.3 Å². The van der Waals surface area contributed by atoms with Gasteiger partial charge in [0, 0.05) is 12.6 Å². The van der Waals surface area contributed by atoms with Crippen molar-refractivity contribution in [3.05, 3.63) is 0 Å². The third kappa shape index (κ3) is 4.94. The van der Waals surface area contributed by atoms with Crippen molar-refractivity contribution in [2.75, 3.05) is 6.54 Å². The van der Waals surface area contributed by atoms with E-state index in [1.807, 2.05) is 13.8 Å². The van der Waals surface area contributed by atoms with Crippen molar-refractivity contribution in [3.63, 3.8) is 0 Å². The van der Waals surface area contributed by atoms with Crippen LogP contribution in [0.25, 0.3) is 0 Å². The summed E-state index contributed by atoms with van der Waals surface area (Å²) in [6.45, 7) is 8.63. The molecule has 0 saturated heterocycles. The van der Waals surface area contributed by atoms with Gasteiger partial charge in [-0.15, -0.1) is 0 Å². The standard InChI is InChI=1S/C13H26N2O2/c1-10(2)15-11(16)14-9-13(17)7-5-12(3,4)6-8-13/h10,17H,5-9H2,1-4H3,(H2,14,15,16). The summed E-state index contributed by atoms with van der Waals surface area (Å²) < 4.78 is 0. The molecule has 17 heavy (non-hydrogen) atoms. The Hall–Kier alpha value is -0.770. The van der Waals surface area contributed by atoms with Gasteiger partial charge in [0.2, 0.25) is 0 Å². The number of carbonyl (C=O) groups is 1. The normalized spacial score (nSPS) is 22.2. The summed E-state index contributed by atoms with van der Waals surface area (Å²) in [7, 11) is 0. The second-order valence-electron chi connectivity index (χ2n) is 6.37. The Bertz CT molecular complexity index is 265. The van der Waals surface area contributed by atoms with Gasteiger partial charge in [0.25, 0.3) is 0 Å². The Kier molecular flexibility index (Phi) is 4.42. The first-order valence-corrected chi connectivity index (χ1v) is 6.49. The van der Waals surface area contributed by atoms with E-state index in [9.17, 15) is 9.90 Å². The average molecular weight is 242 g/mol.